The molecule has 0 spiro atoms. The molecular formula is C16H25NO. The van der Waals surface area contributed by atoms with Gasteiger partial charge in [0.2, 0.25) is 0 Å². The highest BCUT2D eigenvalue weighted by Gasteiger charge is 2.50. The molecule has 2 atom stereocenters. The van der Waals surface area contributed by atoms with Crippen LogP contribution < -0.4 is 10.1 Å². The molecule has 0 saturated heterocycles. The molecule has 1 aromatic carbocycles. The molecule has 0 aromatic heterocycles. The van der Waals surface area contributed by atoms with Gasteiger partial charge in [-0.05, 0) is 48.9 Å². The van der Waals surface area contributed by atoms with E-state index in [0.717, 1.165) is 24.8 Å². The molecule has 0 radical (unpaired) electrons. The predicted octanol–water partition coefficient (Wildman–Crippen LogP) is 3.78. The van der Waals surface area contributed by atoms with Crippen molar-refractivity contribution in [2.75, 3.05) is 13.2 Å². The Hall–Kier alpha value is -1.02. The van der Waals surface area contributed by atoms with Gasteiger partial charge in [0.15, 0.2) is 0 Å². The lowest BCUT2D eigenvalue weighted by atomic mass is 9.97. The van der Waals surface area contributed by atoms with Crippen LogP contribution in [0, 0.1) is 11.3 Å². The first-order valence-corrected chi connectivity index (χ1v) is 7.04. The Bertz CT molecular complexity index is 383. The number of hydrogen-bond donors (Lipinski definition) is 1. The largest absolute Gasteiger partial charge is 0.494 e. The summed E-state index contributed by atoms with van der Waals surface area (Å²) in [4.78, 5) is 0. The molecule has 2 unspecified atom stereocenters. The van der Waals surface area contributed by atoms with E-state index >= 15 is 0 Å². The molecule has 0 amide bonds. The first-order valence-electron chi connectivity index (χ1n) is 7.04. The third kappa shape index (κ3) is 2.86. The van der Waals surface area contributed by atoms with Crippen molar-refractivity contribution in [2.45, 2.75) is 40.2 Å². The van der Waals surface area contributed by atoms with Crippen molar-refractivity contribution >= 4 is 0 Å². The molecule has 1 aromatic rings. The molecule has 18 heavy (non-hydrogen) atoms. The van der Waals surface area contributed by atoms with Crippen LogP contribution in [0.4, 0.5) is 0 Å². The summed E-state index contributed by atoms with van der Waals surface area (Å²) in [6.45, 7) is 10.7. The average molecular weight is 247 g/mol. The maximum absolute atomic E-state index is 5.50. The molecule has 0 bridgehead atoms. The second-order valence-corrected chi connectivity index (χ2v) is 5.84. The zero-order valence-corrected chi connectivity index (χ0v) is 12.0. The van der Waals surface area contributed by atoms with E-state index in [4.69, 9.17) is 4.74 Å². The van der Waals surface area contributed by atoms with E-state index in [0.29, 0.717) is 11.5 Å². The normalized spacial score (nSPS) is 22.6. The number of rotatable bonds is 6. The summed E-state index contributed by atoms with van der Waals surface area (Å²) < 4.78 is 5.50. The summed E-state index contributed by atoms with van der Waals surface area (Å²) in [5.74, 6) is 1.72. The third-order valence-corrected chi connectivity index (χ3v) is 3.97. The Kier molecular flexibility index (Phi) is 3.96. The fourth-order valence-electron chi connectivity index (χ4n) is 2.73. The molecule has 2 nitrogen and oxygen atoms in total. The fraction of sp³-hybridized carbons (Fsp3) is 0.625. The number of ether oxygens (including phenoxy) is 1. The lowest BCUT2D eigenvalue weighted by Gasteiger charge is -2.20. The van der Waals surface area contributed by atoms with Gasteiger partial charge < -0.3 is 10.1 Å². The van der Waals surface area contributed by atoms with Crippen molar-refractivity contribution < 1.29 is 4.74 Å². The van der Waals surface area contributed by atoms with E-state index in [2.05, 4.69) is 50.4 Å². The maximum atomic E-state index is 5.50. The summed E-state index contributed by atoms with van der Waals surface area (Å²) in [6, 6.07) is 9.05. The first kappa shape index (κ1) is 13.4. The van der Waals surface area contributed by atoms with Crippen LogP contribution in [-0.2, 0) is 0 Å². The van der Waals surface area contributed by atoms with E-state index < -0.39 is 0 Å². The van der Waals surface area contributed by atoms with E-state index in [1.165, 1.54) is 12.0 Å². The highest BCUT2D eigenvalue weighted by molar-refractivity contribution is 5.31. The molecule has 2 rings (SSSR count). The zero-order valence-electron chi connectivity index (χ0n) is 12.0. The number of hydrogen-bond acceptors (Lipinski definition) is 2. The van der Waals surface area contributed by atoms with Gasteiger partial charge in [0, 0.05) is 6.04 Å². The highest BCUT2D eigenvalue weighted by Crippen LogP contribution is 2.57. The van der Waals surface area contributed by atoms with E-state index in [1.54, 1.807) is 0 Å². The lowest BCUT2D eigenvalue weighted by Crippen LogP contribution is -2.24. The highest BCUT2D eigenvalue weighted by atomic mass is 16.5. The monoisotopic (exact) mass is 247 g/mol. The standard InChI is InChI=1S/C16H25NO/c1-5-17-15(14-11-16(14,3)4)12-7-9-13(10-8-12)18-6-2/h7-10,14-15,17H,5-6,11H2,1-4H3. The molecule has 1 aliphatic rings. The molecule has 1 aliphatic carbocycles. The average Bonchev–Trinajstić information content (AvgIpc) is 2.97. The van der Waals surface area contributed by atoms with Gasteiger partial charge in [-0.25, -0.2) is 0 Å². The number of benzene rings is 1. The van der Waals surface area contributed by atoms with Crippen LogP contribution in [-0.4, -0.2) is 13.2 Å². The van der Waals surface area contributed by atoms with Gasteiger partial charge in [-0.1, -0.05) is 32.9 Å². The van der Waals surface area contributed by atoms with Crippen LogP contribution in [0.5, 0.6) is 5.75 Å². The first-order chi connectivity index (χ1) is 8.58. The van der Waals surface area contributed by atoms with Gasteiger partial charge in [0.05, 0.1) is 6.61 Å². The Morgan fingerprint density at radius 3 is 2.33 bits per heavy atom. The van der Waals surface area contributed by atoms with Crippen LogP contribution >= 0.6 is 0 Å². The lowest BCUT2D eigenvalue weighted by molar-refractivity contribution is 0.339. The Morgan fingerprint density at radius 1 is 1.28 bits per heavy atom. The summed E-state index contributed by atoms with van der Waals surface area (Å²) in [5.41, 5.74) is 1.88. The van der Waals surface area contributed by atoms with Crippen LogP contribution in [0.15, 0.2) is 24.3 Å². The second kappa shape index (κ2) is 5.31. The molecule has 1 fully saturated rings. The van der Waals surface area contributed by atoms with E-state index in [-0.39, 0.29) is 0 Å². The van der Waals surface area contributed by atoms with Crippen molar-refractivity contribution in [3.8, 4) is 5.75 Å². The van der Waals surface area contributed by atoms with Gasteiger partial charge in [-0.15, -0.1) is 0 Å². The van der Waals surface area contributed by atoms with Crippen LogP contribution in [0.3, 0.4) is 0 Å². The van der Waals surface area contributed by atoms with Gasteiger partial charge in [0.25, 0.3) is 0 Å². The fourth-order valence-corrected chi connectivity index (χ4v) is 2.73. The molecule has 100 valence electrons. The van der Waals surface area contributed by atoms with Gasteiger partial charge >= 0.3 is 0 Å². The van der Waals surface area contributed by atoms with E-state index in [1.807, 2.05) is 6.92 Å². The van der Waals surface area contributed by atoms with Crippen LogP contribution in [0.2, 0.25) is 0 Å². The smallest absolute Gasteiger partial charge is 0.119 e. The minimum atomic E-state index is 0.487. The maximum Gasteiger partial charge on any atom is 0.119 e. The Balaban J connectivity index is 2.11. The molecule has 1 N–H and O–H groups in total. The topological polar surface area (TPSA) is 21.3 Å². The van der Waals surface area contributed by atoms with Gasteiger partial charge in [-0.2, -0.15) is 0 Å². The number of nitrogens with one attached hydrogen (secondary N) is 1. The summed E-state index contributed by atoms with van der Waals surface area (Å²) in [6.07, 6.45) is 1.32. The SMILES string of the molecule is CCNC(c1ccc(OCC)cc1)C1CC1(C)C. The van der Waals surface area contributed by atoms with E-state index in [9.17, 15) is 0 Å². The quantitative estimate of drug-likeness (QED) is 0.826. The summed E-state index contributed by atoms with van der Waals surface area (Å²) in [5, 5.41) is 3.63. The molecule has 0 heterocycles. The zero-order chi connectivity index (χ0) is 13.2. The minimum Gasteiger partial charge on any atom is -0.494 e. The van der Waals surface area contributed by atoms with Crippen molar-refractivity contribution in [1.82, 2.24) is 5.32 Å². The van der Waals surface area contributed by atoms with Crippen molar-refractivity contribution in [1.29, 1.82) is 0 Å². The van der Waals surface area contributed by atoms with Crippen LogP contribution in [0.25, 0.3) is 0 Å². The summed E-state index contributed by atoms with van der Waals surface area (Å²) in [7, 11) is 0. The minimum absolute atomic E-state index is 0.487. The molecule has 0 aliphatic heterocycles. The van der Waals surface area contributed by atoms with Crippen molar-refractivity contribution in [3.63, 3.8) is 0 Å². The van der Waals surface area contributed by atoms with Gasteiger partial charge in [0.1, 0.15) is 5.75 Å². The Morgan fingerprint density at radius 2 is 1.89 bits per heavy atom. The summed E-state index contributed by atoms with van der Waals surface area (Å²) >= 11 is 0. The van der Waals surface area contributed by atoms with Crippen molar-refractivity contribution in [2.24, 2.45) is 11.3 Å². The van der Waals surface area contributed by atoms with Crippen LogP contribution in [0.1, 0.15) is 45.7 Å². The molecule has 1 saturated carbocycles. The third-order valence-electron chi connectivity index (χ3n) is 3.97. The molecular weight excluding hydrogens is 222 g/mol. The molecule has 2 heteroatoms. The second-order valence-electron chi connectivity index (χ2n) is 5.84. The van der Waals surface area contributed by atoms with Gasteiger partial charge in [-0.3, -0.25) is 0 Å². The van der Waals surface area contributed by atoms with Crippen molar-refractivity contribution in [3.05, 3.63) is 29.8 Å². The predicted molar refractivity (Wildman–Crippen MR) is 75.9 cm³/mol. The Labute approximate surface area is 111 Å².